The monoisotopic (exact) mass is 427 g/mol. The summed E-state index contributed by atoms with van der Waals surface area (Å²) in [4.78, 5) is 13.1. The number of carbonyl (C=O) groups is 1. The molecule has 1 aliphatic heterocycles. The molecule has 1 N–H and O–H groups in total. The summed E-state index contributed by atoms with van der Waals surface area (Å²) in [6, 6.07) is 17.3. The standard InChI is InChI=1S/C23H23Cl2N3O/c1-16-20(23(29)26-27-12-6-3-7-13-27)15-22(19-11-10-17(24)14-21(19)25)28(16)18-8-4-2-5-9-18/h2,4-5,8-11,14-15H,3,6-7,12-13H2,1H3,(H,26,29). The summed E-state index contributed by atoms with van der Waals surface area (Å²) in [5, 5.41) is 3.15. The van der Waals surface area contributed by atoms with Crippen LogP contribution in [0.5, 0.6) is 0 Å². The third kappa shape index (κ3) is 4.20. The van der Waals surface area contributed by atoms with Gasteiger partial charge in [-0.2, -0.15) is 0 Å². The van der Waals surface area contributed by atoms with Crippen LogP contribution < -0.4 is 5.43 Å². The maximum absolute atomic E-state index is 13.1. The smallest absolute Gasteiger partial charge is 0.267 e. The van der Waals surface area contributed by atoms with Crippen LogP contribution in [-0.2, 0) is 0 Å². The van der Waals surface area contributed by atoms with Gasteiger partial charge in [0.1, 0.15) is 0 Å². The molecule has 1 fully saturated rings. The molecule has 150 valence electrons. The maximum atomic E-state index is 13.1. The van der Waals surface area contributed by atoms with E-state index in [1.54, 1.807) is 6.07 Å². The van der Waals surface area contributed by atoms with Crippen molar-refractivity contribution < 1.29 is 4.79 Å². The summed E-state index contributed by atoms with van der Waals surface area (Å²) >= 11 is 12.6. The van der Waals surface area contributed by atoms with Crippen molar-refractivity contribution >= 4 is 29.1 Å². The fourth-order valence-corrected chi connectivity index (χ4v) is 4.36. The highest BCUT2D eigenvalue weighted by atomic mass is 35.5. The van der Waals surface area contributed by atoms with Crippen LogP contribution in [0.15, 0.2) is 54.6 Å². The van der Waals surface area contributed by atoms with Gasteiger partial charge >= 0.3 is 0 Å². The molecule has 2 aromatic carbocycles. The molecule has 29 heavy (non-hydrogen) atoms. The van der Waals surface area contributed by atoms with Gasteiger partial charge in [0.15, 0.2) is 0 Å². The van der Waals surface area contributed by atoms with E-state index in [1.165, 1.54) is 6.42 Å². The fraction of sp³-hybridized carbons (Fsp3) is 0.261. The Kier molecular flexibility index (Phi) is 5.95. The number of halogens is 2. The van der Waals surface area contributed by atoms with E-state index in [-0.39, 0.29) is 5.91 Å². The van der Waals surface area contributed by atoms with E-state index in [0.717, 1.165) is 48.6 Å². The predicted molar refractivity (Wildman–Crippen MR) is 119 cm³/mol. The third-order valence-corrected chi connectivity index (χ3v) is 5.88. The first kappa shape index (κ1) is 20.0. The number of benzene rings is 2. The largest absolute Gasteiger partial charge is 0.313 e. The Hall–Kier alpha value is -2.27. The average molecular weight is 428 g/mol. The second-order valence-electron chi connectivity index (χ2n) is 7.31. The zero-order chi connectivity index (χ0) is 20.4. The Morgan fingerprint density at radius 2 is 1.69 bits per heavy atom. The van der Waals surface area contributed by atoms with Crippen molar-refractivity contribution in [1.29, 1.82) is 0 Å². The number of aromatic nitrogens is 1. The van der Waals surface area contributed by atoms with E-state index in [9.17, 15) is 4.79 Å². The Bertz CT molecular complexity index is 1020. The minimum absolute atomic E-state index is 0.0922. The number of hydrogen-bond acceptors (Lipinski definition) is 2. The van der Waals surface area contributed by atoms with Gasteiger partial charge in [-0.1, -0.05) is 47.8 Å². The topological polar surface area (TPSA) is 37.3 Å². The van der Waals surface area contributed by atoms with Gasteiger partial charge in [0.25, 0.3) is 5.91 Å². The number of rotatable bonds is 4. The van der Waals surface area contributed by atoms with Gasteiger partial charge in [0, 0.05) is 35.1 Å². The SMILES string of the molecule is Cc1c(C(=O)NN2CCCCC2)cc(-c2ccc(Cl)cc2Cl)n1-c1ccccc1. The van der Waals surface area contributed by atoms with Crippen molar-refractivity contribution in [3.05, 3.63) is 75.9 Å². The molecule has 0 saturated carbocycles. The molecule has 4 nitrogen and oxygen atoms in total. The van der Waals surface area contributed by atoms with Crippen LogP contribution in [0.25, 0.3) is 16.9 Å². The summed E-state index contributed by atoms with van der Waals surface area (Å²) < 4.78 is 2.07. The van der Waals surface area contributed by atoms with Crippen molar-refractivity contribution in [2.75, 3.05) is 13.1 Å². The van der Waals surface area contributed by atoms with Gasteiger partial charge in [-0.3, -0.25) is 10.2 Å². The predicted octanol–water partition coefficient (Wildman–Crippen LogP) is 5.89. The second-order valence-corrected chi connectivity index (χ2v) is 8.16. The number of nitrogens with one attached hydrogen (secondary N) is 1. The Labute approximate surface area is 181 Å². The molecular formula is C23H23Cl2N3O. The highest BCUT2D eigenvalue weighted by Crippen LogP contribution is 2.35. The molecule has 6 heteroatoms. The average Bonchev–Trinajstić information content (AvgIpc) is 3.06. The summed E-state index contributed by atoms with van der Waals surface area (Å²) in [5.41, 5.74) is 7.25. The Morgan fingerprint density at radius 3 is 2.38 bits per heavy atom. The molecule has 1 amide bonds. The zero-order valence-electron chi connectivity index (χ0n) is 16.3. The first-order chi connectivity index (χ1) is 14.0. The van der Waals surface area contributed by atoms with Crippen LogP contribution in [0.3, 0.4) is 0 Å². The molecular weight excluding hydrogens is 405 g/mol. The molecule has 2 heterocycles. The third-order valence-electron chi connectivity index (χ3n) is 5.33. The molecule has 0 atom stereocenters. The normalized spacial score (nSPS) is 14.7. The molecule has 1 aliphatic rings. The zero-order valence-corrected chi connectivity index (χ0v) is 17.8. The molecule has 1 aromatic heterocycles. The number of para-hydroxylation sites is 1. The van der Waals surface area contributed by atoms with E-state index in [0.29, 0.717) is 15.6 Å². The van der Waals surface area contributed by atoms with E-state index in [2.05, 4.69) is 9.99 Å². The highest BCUT2D eigenvalue weighted by Gasteiger charge is 2.22. The van der Waals surface area contributed by atoms with Crippen molar-refractivity contribution in [3.63, 3.8) is 0 Å². The number of carbonyl (C=O) groups excluding carboxylic acids is 1. The lowest BCUT2D eigenvalue weighted by atomic mass is 10.1. The van der Waals surface area contributed by atoms with Crippen LogP contribution in [0.1, 0.15) is 35.3 Å². The van der Waals surface area contributed by atoms with Crippen LogP contribution in [0.4, 0.5) is 0 Å². The maximum Gasteiger partial charge on any atom is 0.267 e. The number of nitrogens with zero attached hydrogens (tertiary/aromatic N) is 2. The summed E-state index contributed by atoms with van der Waals surface area (Å²) in [7, 11) is 0. The van der Waals surface area contributed by atoms with Crippen LogP contribution in [0, 0.1) is 6.92 Å². The van der Waals surface area contributed by atoms with Gasteiger partial charge in [-0.25, -0.2) is 5.01 Å². The molecule has 4 rings (SSSR count). The number of piperidine rings is 1. The molecule has 1 saturated heterocycles. The van der Waals surface area contributed by atoms with E-state index < -0.39 is 0 Å². The Balaban J connectivity index is 1.79. The van der Waals surface area contributed by atoms with E-state index in [1.807, 2.05) is 60.5 Å². The molecule has 3 aromatic rings. The van der Waals surface area contributed by atoms with Gasteiger partial charge in [0.05, 0.1) is 16.3 Å². The Morgan fingerprint density at radius 1 is 0.966 bits per heavy atom. The van der Waals surface area contributed by atoms with Crippen molar-refractivity contribution in [2.45, 2.75) is 26.2 Å². The lowest BCUT2D eigenvalue weighted by molar-refractivity contribution is 0.0749. The molecule has 0 bridgehead atoms. The summed E-state index contributed by atoms with van der Waals surface area (Å²) in [6.45, 7) is 3.74. The van der Waals surface area contributed by atoms with Gasteiger partial charge in [-0.15, -0.1) is 0 Å². The summed E-state index contributed by atoms with van der Waals surface area (Å²) in [5.74, 6) is -0.0922. The molecule has 0 aliphatic carbocycles. The van der Waals surface area contributed by atoms with Crippen LogP contribution in [-0.4, -0.2) is 28.6 Å². The first-order valence-corrected chi connectivity index (χ1v) is 10.6. The van der Waals surface area contributed by atoms with Crippen molar-refractivity contribution in [1.82, 2.24) is 15.0 Å². The lowest BCUT2D eigenvalue weighted by Gasteiger charge is -2.26. The minimum Gasteiger partial charge on any atom is -0.313 e. The molecule has 0 unspecified atom stereocenters. The van der Waals surface area contributed by atoms with E-state index in [4.69, 9.17) is 23.2 Å². The second kappa shape index (κ2) is 8.62. The quantitative estimate of drug-likeness (QED) is 0.563. The number of amides is 1. The molecule has 0 spiro atoms. The number of hydrazine groups is 1. The van der Waals surface area contributed by atoms with Crippen LogP contribution >= 0.6 is 23.2 Å². The minimum atomic E-state index is -0.0922. The number of hydrogen-bond donors (Lipinski definition) is 1. The van der Waals surface area contributed by atoms with E-state index >= 15 is 0 Å². The lowest BCUT2D eigenvalue weighted by Crippen LogP contribution is -2.45. The van der Waals surface area contributed by atoms with Crippen LogP contribution in [0.2, 0.25) is 10.0 Å². The first-order valence-electron chi connectivity index (χ1n) is 9.84. The fourth-order valence-electron chi connectivity index (χ4n) is 3.85. The van der Waals surface area contributed by atoms with Crippen molar-refractivity contribution in [2.24, 2.45) is 0 Å². The van der Waals surface area contributed by atoms with Gasteiger partial charge in [-0.05, 0) is 56.2 Å². The summed E-state index contributed by atoms with van der Waals surface area (Å²) in [6.07, 6.45) is 3.43. The van der Waals surface area contributed by atoms with Crippen molar-refractivity contribution in [3.8, 4) is 16.9 Å². The molecule has 0 radical (unpaired) electrons. The van der Waals surface area contributed by atoms with Gasteiger partial charge in [0.2, 0.25) is 0 Å². The highest BCUT2D eigenvalue weighted by molar-refractivity contribution is 6.36. The van der Waals surface area contributed by atoms with Gasteiger partial charge < -0.3 is 4.57 Å².